The summed E-state index contributed by atoms with van der Waals surface area (Å²) >= 11 is 0. The van der Waals surface area contributed by atoms with Gasteiger partial charge in [0.05, 0.1) is 12.6 Å². The molecular weight excluding hydrogens is 366 g/mol. The smallest absolute Gasteiger partial charge is 0.409 e. The molecule has 1 unspecified atom stereocenters. The molecule has 1 heterocycles. The summed E-state index contributed by atoms with van der Waals surface area (Å²) in [6.07, 6.45) is 1.56. The van der Waals surface area contributed by atoms with Gasteiger partial charge >= 0.3 is 6.09 Å². The number of carbonyl (C=O) groups is 1. The quantitative estimate of drug-likeness (QED) is 0.516. The molecule has 0 radical (unpaired) electrons. The maximum Gasteiger partial charge on any atom is 0.409 e. The number of hydrogen-bond donors (Lipinski definition) is 2. The Kier molecular flexibility index (Phi) is 9.77. The molecule has 0 aromatic heterocycles. The molecule has 1 atom stereocenters. The third-order valence-electron chi connectivity index (χ3n) is 5.49. The molecule has 1 aromatic rings. The summed E-state index contributed by atoms with van der Waals surface area (Å²) in [5, 5.41) is 7.03. The Hall–Kier alpha value is -2.28. The fraction of sp³-hybridized carbons (Fsp3) is 0.636. The first-order valence-electron chi connectivity index (χ1n) is 10.8. The first-order chi connectivity index (χ1) is 14.1. The van der Waals surface area contributed by atoms with E-state index in [1.165, 1.54) is 5.56 Å². The van der Waals surface area contributed by atoms with Crippen molar-refractivity contribution in [3.05, 3.63) is 35.9 Å². The minimum Gasteiger partial charge on any atom is -0.450 e. The Morgan fingerprint density at radius 3 is 2.41 bits per heavy atom. The van der Waals surface area contributed by atoms with Crippen LogP contribution in [0.4, 0.5) is 4.79 Å². The molecule has 1 aliphatic rings. The van der Waals surface area contributed by atoms with Gasteiger partial charge in [0.1, 0.15) is 0 Å². The lowest BCUT2D eigenvalue weighted by Gasteiger charge is -2.33. The second-order valence-corrected chi connectivity index (χ2v) is 7.21. The summed E-state index contributed by atoms with van der Waals surface area (Å²) in [4.78, 5) is 20.5. The van der Waals surface area contributed by atoms with Crippen LogP contribution in [-0.2, 0) is 4.74 Å². The number of carbonyl (C=O) groups excluding carboxylic acids is 1. The number of rotatable bonds is 8. The number of nitrogens with zero attached hydrogens (tertiary/aromatic N) is 3. The number of likely N-dealkylation sites (N-methyl/N-ethyl adjacent to an activating group) is 1. The van der Waals surface area contributed by atoms with E-state index < -0.39 is 0 Å². The second-order valence-electron chi connectivity index (χ2n) is 7.21. The van der Waals surface area contributed by atoms with Crippen LogP contribution in [0.5, 0.6) is 0 Å². The van der Waals surface area contributed by atoms with Crippen molar-refractivity contribution in [3.8, 4) is 0 Å². The van der Waals surface area contributed by atoms with Crippen LogP contribution >= 0.6 is 0 Å². The van der Waals surface area contributed by atoms with Crippen LogP contribution in [0, 0.1) is 0 Å². The first kappa shape index (κ1) is 23.0. The first-order valence-corrected chi connectivity index (χ1v) is 10.8. The third-order valence-corrected chi connectivity index (χ3v) is 5.49. The Morgan fingerprint density at radius 2 is 1.86 bits per heavy atom. The van der Waals surface area contributed by atoms with Crippen LogP contribution in [-0.4, -0.2) is 74.3 Å². The van der Waals surface area contributed by atoms with E-state index in [4.69, 9.17) is 4.74 Å². The number of piperidine rings is 1. The largest absolute Gasteiger partial charge is 0.450 e. The minimum atomic E-state index is -0.210. The molecule has 0 aliphatic carbocycles. The Bertz CT molecular complexity index is 625. The Labute approximate surface area is 175 Å². The average molecular weight is 404 g/mol. The second kappa shape index (κ2) is 12.3. The summed E-state index contributed by atoms with van der Waals surface area (Å²) in [7, 11) is 1.80. The van der Waals surface area contributed by atoms with Crippen molar-refractivity contribution in [2.24, 2.45) is 4.99 Å². The standard InChI is InChI=1S/C22H37N5O2/c1-5-26(6-2)20(18-11-9-8-10-12-18)17-24-21(23-4)25-19-13-15-27(16-14-19)22(28)29-7-3/h8-12,19-20H,5-7,13-17H2,1-4H3,(H2,23,24,25). The van der Waals surface area contributed by atoms with Gasteiger partial charge in [-0.15, -0.1) is 0 Å². The predicted octanol–water partition coefficient (Wildman–Crippen LogP) is 2.86. The summed E-state index contributed by atoms with van der Waals surface area (Å²) in [6.45, 7) is 10.8. The SMILES string of the molecule is CCOC(=O)N1CCC(NC(=NC)NCC(c2ccccc2)N(CC)CC)CC1. The number of aliphatic imine (C=N–C) groups is 1. The van der Waals surface area contributed by atoms with Crippen molar-refractivity contribution in [2.75, 3.05) is 46.4 Å². The van der Waals surface area contributed by atoms with Crippen molar-refractivity contribution in [1.82, 2.24) is 20.4 Å². The molecule has 0 saturated carbocycles. The number of hydrogen-bond acceptors (Lipinski definition) is 4. The molecule has 29 heavy (non-hydrogen) atoms. The van der Waals surface area contributed by atoms with Gasteiger partial charge in [0.25, 0.3) is 0 Å². The summed E-state index contributed by atoms with van der Waals surface area (Å²) in [5.41, 5.74) is 1.31. The van der Waals surface area contributed by atoms with Gasteiger partial charge in [0.15, 0.2) is 5.96 Å². The van der Waals surface area contributed by atoms with Gasteiger partial charge in [0.2, 0.25) is 0 Å². The Balaban J connectivity index is 1.89. The van der Waals surface area contributed by atoms with Gasteiger partial charge in [-0.1, -0.05) is 44.2 Å². The van der Waals surface area contributed by atoms with Gasteiger partial charge in [-0.05, 0) is 38.4 Å². The molecule has 2 N–H and O–H groups in total. The highest BCUT2D eigenvalue weighted by atomic mass is 16.6. The number of nitrogens with one attached hydrogen (secondary N) is 2. The molecule has 1 amide bonds. The van der Waals surface area contributed by atoms with E-state index in [-0.39, 0.29) is 12.1 Å². The highest BCUT2D eigenvalue weighted by molar-refractivity contribution is 5.80. The normalized spacial score (nSPS) is 16.6. The summed E-state index contributed by atoms with van der Waals surface area (Å²) in [6, 6.07) is 11.2. The molecule has 1 fully saturated rings. The van der Waals surface area contributed by atoms with Gasteiger partial charge in [0, 0.05) is 32.7 Å². The summed E-state index contributed by atoms with van der Waals surface area (Å²) < 4.78 is 5.10. The van der Waals surface area contributed by atoms with Gasteiger partial charge in [-0.2, -0.15) is 0 Å². The van der Waals surface area contributed by atoms with E-state index in [0.29, 0.717) is 25.7 Å². The third kappa shape index (κ3) is 6.92. The molecule has 7 heteroatoms. The zero-order valence-corrected chi connectivity index (χ0v) is 18.4. The van der Waals surface area contributed by atoms with E-state index in [2.05, 4.69) is 64.7 Å². The molecule has 1 saturated heterocycles. The van der Waals surface area contributed by atoms with Crippen molar-refractivity contribution in [2.45, 2.75) is 45.7 Å². The zero-order valence-electron chi connectivity index (χ0n) is 18.4. The molecule has 0 bridgehead atoms. The van der Waals surface area contributed by atoms with E-state index in [9.17, 15) is 4.79 Å². The molecule has 1 aliphatic heterocycles. The lowest BCUT2D eigenvalue weighted by Crippen LogP contribution is -2.51. The van der Waals surface area contributed by atoms with Crippen LogP contribution in [0.3, 0.4) is 0 Å². The number of likely N-dealkylation sites (tertiary alicyclic amines) is 1. The molecule has 1 aromatic carbocycles. The minimum absolute atomic E-state index is 0.210. The fourth-order valence-electron chi connectivity index (χ4n) is 3.80. The number of benzene rings is 1. The fourth-order valence-corrected chi connectivity index (χ4v) is 3.80. The van der Waals surface area contributed by atoms with Crippen LogP contribution in [0.25, 0.3) is 0 Å². The summed E-state index contributed by atoms with van der Waals surface area (Å²) in [5.74, 6) is 0.813. The monoisotopic (exact) mass is 403 g/mol. The van der Waals surface area contributed by atoms with E-state index in [0.717, 1.165) is 38.4 Å². The molecule has 2 rings (SSSR count). The van der Waals surface area contributed by atoms with Crippen LogP contribution < -0.4 is 10.6 Å². The van der Waals surface area contributed by atoms with E-state index >= 15 is 0 Å². The molecule has 162 valence electrons. The van der Waals surface area contributed by atoms with Crippen molar-refractivity contribution in [3.63, 3.8) is 0 Å². The Morgan fingerprint density at radius 1 is 1.21 bits per heavy atom. The number of ether oxygens (including phenoxy) is 1. The lowest BCUT2D eigenvalue weighted by atomic mass is 10.0. The predicted molar refractivity (Wildman–Crippen MR) is 118 cm³/mol. The van der Waals surface area contributed by atoms with Gasteiger partial charge < -0.3 is 20.3 Å². The van der Waals surface area contributed by atoms with Crippen LogP contribution in [0.1, 0.15) is 45.2 Å². The van der Waals surface area contributed by atoms with Crippen molar-refractivity contribution < 1.29 is 9.53 Å². The topological polar surface area (TPSA) is 69.2 Å². The highest BCUT2D eigenvalue weighted by Gasteiger charge is 2.24. The maximum atomic E-state index is 11.9. The van der Waals surface area contributed by atoms with Gasteiger partial charge in [-0.25, -0.2) is 4.79 Å². The molecule has 0 spiro atoms. The molecule has 7 nitrogen and oxygen atoms in total. The van der Waals surface area contributed by atoms with Crippen LogP contribution in [0.2, 0.25) is 0 Å². The van der Waals surface area contributed by atoms with Crippen LogP contribution in [0.15, 0.2) is 35.3 Å². The van der Waals surface area contributed by atoms with E-state index in [1.54, 1.807) is 11.9 Å². The average Bonchev–Trinajstić information content (AvgIpc) is 2.77. The number of amides is 1. The number of guanidine groups is 1. The van der Waals surface area contributed by atoms with Crippen molar-refractivity contribution >= 4 is 12.1 Å². The zero-order chi connectivity index (χ0) is 21.1. The van der Waals surface area contributed by atoms with Gasteiger partial charge in [-0.3, -0.25) is 9.89 Å². The molecular formula is C22H37N5O2. The van der Waals surface area contributed by atoms with Crippen molar-refractivity contribution in [1.29, 1.82) is 0 Å². The lowest BCUT2D eigenvalue weighted by molar-refractivity contribution is 0.0963. The van der Waals surface area contributed by atoms with E-state index in [1.807, 2.05) is 6.92 Å². The maximum absolute atomic E-state index is 11.9. The highest BCUT2D eigenvalue weighted by Crippen LogP contribution is 2.19.